The van der Waals surface area contributed by atoms with Gasteiger partial charge < -0.3 is 10.0 Å². The Bertz CT molecular complexity index is 310. The van der Waals surface area contributed by atoms with E-state index in [4.69, 9.17) is 0 Å². The summed E-state index contributed by atoms with van der Waals surface area (Å²) < 4.78 is 0. The summed E-state index contributed by atoms with van der Waals surface area (Å²) in [6, 6.07) is 10.4. The molecule has 0 heterocycles. The lowest BCUT2D eigenvalue weighted by atomic mass is 10.0. The van der Waals surface area contributed by atoms with Crippen LogP contribution in [0, 0.1) is 5.92 Å². The molecule has 0 fully saturated rings. The standard InChI is InChI=1S/C15H25NO/c1-12(2)13(3)16(4)11-10-15(17)14-8-6-5-7-9-14/h5-9,12-13,15,17H,10-11H2,1-4H3. The average molecular weight is 235 g/mol. The SMILES string of the molecule is CC(C)C(C)N(C)CCC(O)c1ccccc1. The second-order valence-electron chi connectivity index (χ2n) is 5.18. The average Bonchev–Trinajstić information content (AvgIpc) is 2.35. The Kier molecular flexibility index (Phi) is 5.66. The van der Waals surface area contributed by atoms with E-state index in [9.17, 15) is 5.11 Å². The Morgan fingerprint density at radius 3 is 2.24 bits per heavy atom. The van der Waals surface area contributed by atoms with E-state index < -0.39 is 0 Å². The maximum atomic E-state index is 10.1. The van der Waals surface area contributed by atoms with Gasteiger partial charge in [-0.15, -0.1) is 0 Å². The number of nitrogens with zero attached hydrogens (tertiary/aromatic N) is 1. The third-order valence-electron chi connectivity index (χ3n) is 3.60. The molecule has 0 aliphatic heterocycles. The Morgan fingerprint density at radius 2 is 1.71 bits per heavy atom. The van der Waals surface area contributed by atoms with Crippen LogP contribution in [0.5, 0.6) is 0 Å². The van der Waals surface area contributed by atoms with Crippen LogP contribution in [0.1, 0.15) is 38.9 Å². The molecule has 1 rings (SSSR count). The van der Waals surface area contributed by atoms with Crippen molar-refractivity contribution in [2.45, 2.75) is 39.3 Å². The Labute approximate surface area is 105 Å². The number of hydrogen-bond acceptors (Lipinski definition) is 2. The fraction of sp³-hybridized carbons (Fsp3) is 0.600. The Balaban J connectivity index is 2.41. The maximum absolute atomic E-state index is 10.1. The summed E-state index contributed by atoms with van der Waals surface area (Å²) in [6.07, 6.45) is 0.440. The summed E-state index contributed by atoms with van der Waals surface area (Å²) in [5.74, 6) is 0.647. The zero-order valence-corrected chi connectivity index (χ0v) is 11.4. The highest BCUT2D eigenvalue weighted by molar-refractivity contribution is 5.17. The number of aliphatic hydroxyl groups excluding tert-OH is 1. The summed E-state index contributed by atoms with van der Waals surface area (Å²) in [4.78, 5) is 2.32. The molecule has 1 aromatic rings. The largest absolute Gasteiger partial charge is 0.388 e. The van der Waals surface area contributed by atoms with Gasteiger partial charge in [0.15, 0.2) is 0 Å². The van der Waals surface area contributed by atoms with Gasteiger partial charge in [-0.1, -0.05) is 44.2 Å². The van der Waals surface area contributed by atoms with E-state index in [1.165, 1.54) is 0 Å². The van der Waals surface area contributed by atoms with Crippen molar-refractivity contribution in [1.82, 2.24) is 4.90 Å². The first kappa shape index (κ1) is 14.2. The topological polar surface area (TPSA) is 23.5 Å². The third-order valence-corrected chi connectivity index (χ3v) is 3.60. The molecule has 0 aromatic heterocycles. The summed E-state index contributed by atoms with van der Waals surface area (Å²) in [5, 5.41) is 10.1. The second kappa shape index (κ2) is 6.77. The molecule has 0 saturated heterocycles. The van der Waals surface area contributed by atoms with Gasteiger partial charge in [0.25, 0.3) is 0 Å². The first-order valence-corrected chi connectivity index (χ1v) is 6.45. The normalized spacial score (nSPS) is 15.2. The lowest BCUT2D eigenvalue weighted by Crippen LogP contribution is -2.34. The molecular weight excluding hydrogens is 210 g/mol. The fourth-order valence-corrected chi connectivity index (χ4v) is 1.88. The quantitative estimate of drug-likeness (QED) is 0.819. The molecule has 96 valence electrons. The minimum absolute atomic E-state index is 0.349. The van der Waals surface area contributed by atoms with Crippen molar-refractivity contribution in [2.75, 3.05) is 13.6 Å². The van der Waals surface area contributed by atoms with Crippen LogP contribution in [-0.4, -0.2) is 29.6 Å². The highest BCUT2D eigenvalue weighted by Crippen LogP contribution is 2.17. The van der Waals surface area contributed by atoms with Crippen molar-refractivity contribution in [2.24, 2.45) is 5.92 Å². The highest BCUT2D eigenvalue weighted by atomic mass is 16.3. The molecule has 0 radical (unpaired) electrons. The van der Waals surface area contributed by atoms with Gasteiger partial charge in [0.2, 0.25) is 0 Å². The molecular formula is C15H25NO. The second-order valence-corrected chi connectivity index (χ2v) is 5.18. The van der Waals surface area contributed by atoms with Gasteiger partial charge in [-0.05, 0) is 31.9 Å². The first-order valence-electron chi connectivity index (χ1n) is 6.45. The predicted octanol–water partition coefficient (Wildman–Crippen LogP) is 3.09. The van der Waals surface area contributed by atoms with Crippen molar-refractivity contribution in [1.29, 1.82) is 0 Å². The van der Waals surface area contributed by atoms with Crippen LogP contribution < -0.4 is 0 Å². The van der Waals surface area contributed by atoms with Crippen molar-refractivity contribution in [3.8, 4) is 0 Å². The molecule has 2 nitrogen and oxygen atoms in total. The lowest BCUT2D eigenvalue weighted by molar-refractivity contribution is 0.129. The van der Waals surface area contributed by atoms with Crippen LogP contribution in [0.4, 0.5) is 0 Å². The maximum Gasteiger partial charge on any atom is 0.0802 e. The monoisotopic (exact) mass is 235 g/mol. The van der Waals surface area contributed by atoms with Crippen molar-refractivity contribution in [3.05, 3.63) is 35.9 Å². The van der Waals surface area contributed by atoms with Crippen LogP contribution in [-0.2, 0) is 0 Å². The lowest BCUT2D eigenvalue weighted by Gasteiger charge is -2.28. The van der Waals surface area contributed by atoms with E-state index in [2.05, 4.69) is 32.7 Å². The third kappa shape index (κ3) is 4.49. The number of rotatable bonds is 6. The molecule has 0 aliphatic rings. The van der Waals surface area contributed by atoms with E-state index in [0.717, 1.165) is 18.5 Å². The van der Waals surface area contributed by atoms with Crippen LogP contribution in [0.15, 0.2) is 30.3 Å². The number of aliphatic hydroxyl groups is 1. The van der Waals surface area contributed by atoms with E-state index in [1.54, 1.807) is 0 Å². The first-order chi connectivity index (χ1) is 8.02. The van der Waals surface area contributed by atoms with Crippen LogP contribution >= 0.6 is 0 Å². The van der Waals surface area contributed by atoms with Crippen LogP contribution in [0.25, 0.3) is 0 Å². The van der Waals surface area contributed by atoms with Crippen LogP contribution in [0.3, 0.4) is 0 Å². The van der Waals surface area contributed by atoms with Crippen molar-refractivity contribution < 1.29 is 5.11 Å². The minimum atomic E-state index is -0.349. The van der Waals surface area contributed by atoms with E-state index in [-0.39, 0.29) is 6.10 Å². The minimum Gasteiger partial charge on any atom is -0.388 e. The van der Waals surface area contributed by atoms with Crippen LogP contribution in [0.2, 0.25) is 0 Å². The van der Waals surface area contributed by atoms with Gasteiger partial charge in [0.05, 0.1) is 6.10 Å². The number of hydrogen-bond donors (Lipinski definition) is 1. The summed E-state index contributed by atoms with van der Waals surface area (Å²) in [5.41, 5.74) is 1.01. The molecule has 0 aliphatic carbocycles. The van der Waals surface area contributed by atoms with Gasteiger partial charge in [-0.3, -0.25) is 0 Å². The molecule has 0 spiro atoms. The van der Waals surface area contributed by atoms with E-state index >= 15 is 0 Å². The molecule has 1 N–H and O–H groups in total. The van der Waals surface area contributed by atoms with Gasteiger partial charge in [0.1, 0.15) is 0 Å². The molecule has 17 heavy (non-hydrogen) atoms. The van der Waals surface area contributed by atoms with Crippen molar-refractivity contribution in [3.63, 3.8) is 0 Å². The number of benzene rings is 1. The molecule has 2 heteroatoms. The molecule has 2 atom stereocenters. The fourth-order valence-electron chi connectivity index (χ4n) is 1.88. The van der Waals surface area contributed by atoms with Gasteiger partial charge >= 0.3 is 0 Å². The van der Waals surface area contributed by atoms with Gasteiger partial charge in [0, 0.05) is 12.6 Å². The molecule has 0 bridgehead atoms. The summed E-state index contributed by atoms with van der Waals surface area (Å²) >= 11 is 0. The molecule has 0 saturated carbocycles. The predicted molar refractivity (Wildman–Crippen MR) is 72.9 cm³/mol. The smallest absolute Gasteiger partial charge is 0.0802 e. The van der Waals surface area contributed by atoms with Crippen molar-refractivity contribution >= 4 is 0 Å². The van der Waals surface area contributed by atoms with Gasteiger partial charge in [-0.25, -0.2) is 0 Å². The van der Waals surface area contributed by atoms with E-state index in [0.29, 0.717) is 12.0 Å². The summed E-state index contributed by atoms with van der Waals surface area (Å²) in [6.45, 7) is 7.62. The van der Waals surface area contributed by atoms with E-state index in [1.807, 2.05) is 30.3 Å². The Hall–Kier alpha value is -0.860. The molecule has 1 aromatic carbocycles. The zero-order chi connectivity index (χ0) is 12.8. The Morgan fingerprint density at radius 1 is 1.12 bits per heavy atom. The zero-order valence-electron chi connectivity index (χ0n) is 11.4. The molecule has 2 unspecified atom stereocenters. The van der Waals surface area contributed by atoms with Gasteiger partial charge in [-0.2, -0.15) is 0 Å². The summed E-state index contributed by atoms with van der Waals surface area (Å²) in [7, 11) is 2.13. The highest BCUT2D eigenvalue weighted by Gasteiger charge is 2.14. The molecule has 0 amide bonds.